The van der Waals surface area contributed by atoms with E-state index < -0.39 is 0 Å². The average Bonchev–Trinajstić information content (AvgIpc) is 3.16. The van der Waals surface area contributed by atoms with Gasteiger partial charge in [0.15, 0.2) is 0 Å². The summed E-state index contributed by atoms with van der Waals surface area (Å²) in [6, 6.07) is 18.4. The predicted molar refractivity (Wildman–Crippen MR) is 132 cm³/mol. The molecule has 3 aromatic rings. The lowest BCUT2D eigenvalue weighted by Crippen LogP contribution is -2.48. The summed E-state index contributed by atoms with van der Waals surface area (Å²) in [6.07, 6.45) is 0. The summed E-state index contributed by atoms with van der Waals surface area (Å²) in [7, 11) is 0. The van der Waals surface area contributed by atoms with Crippen molar-refractivity contribution in [2.45, 2.75) is 31.0 Å². The molecule has 0 bridgehead atoms. The third-order valence-corrected chi connectivity index (χ3v) is 7.21. The zero-order valence-corrected chi connectivity index (χ0v) is 20.2. The highest BCUT2D eigenvalue weighted by molar-refractivity contribution is 7.98. The zero-order chi connectivity index (χ0) is 23.0. The number of amides is 1. The van der Waals surface area contributed by atoms with Gasteiger partial charge in [-0.25, -0.2) is 0 Å². The van der Waals surface area contributed by atoms with Crippen molar-refractivity contribution in [3.05, 3.63) is 82.7 Å². The van der Waals surface area contributed by atoms with Crippen LogP contribution in [0.3, 0.4) is 0 Å². The number of hydrogen-bond acceptors (Lipinski definition) is 6. The molecule has 1 aliphatic rings. The second kappa shape index (κ2) is 11.5. The first kappa shape index (κ1) is 23.5. The largest absolute Gasteiger partial charge is 0.361 e. The third kappa shape index (κ3) is 6.47. The number of hydrogen-bond donors (Lipinski definition) is 1. The number of aryl methyl sites for hydroxylation is 2. The van der Waals surface area contributed by atoms with Crippen molar-refractivity contribution in [3.8, 4) is 0 Å². The van der Waals surface area contributed by atoms with Crippen molar-refractivity contribution < 1.29 is 9.32 Å². The molecule has 0 radical (unpaired) electrons. The number of carbonyl (C=O) groups is 1. The molecule has 1 amide bonds. The molecule has 1 N–H and O–H groups in total. The van der Waals surface area contributed by atoms with E-state index in [2.05, 4.69) is 50.6 Å². The van der Waals surface area contributed by atoms with Gasteiger partial charge >= 0.3 is 0 Å². The van der Waals surface area contributed by atoms with Gasteiger partial charge in [0.25, 0.3) is 5.91 Å². The van der Waals surface area contributed by atoms with Gasteiger partial charge in [0, 0.05) is 62.0 Å². The monoisotopic (exact) mass is 464 g/mol. The summed E-state index contributed by atoms with van der Waals surface area (Å²) in [5.41, 5.74) is 4.10. The molecule has 2 aromatic carbocycles. The summed E-state index contributed by atoms with van der Waals surface area (Å²) in [6.45, 7) is 10.6. The molecule has 1 aromatic heterocycles. The number of benzene rings is 2. The fourth-order valence-corrected chi connectivity index (χ4v) is 5.28. The van der Waals surface area contributed by atoms with Gasteiger partial charge < -0.3 is 9.84 Å². The number of nitrogens with one attached hydrogen (secondary N) is 1. The zero-order valence-electron chi connectivity index (χ0n) is 19.4. The summed E-state index contributed by atoms with van der Waals surface area (Å²) in [5, 5.41) is 7.14. The van der Waals surface area contributed by atoms with Crippen LogP contribution in [0.15, 0.2) is 64.0 Å². The van der Waals surface area contributed by atoms with Crippen LogP contribution >= 0.6 is 11.8 Å². The van der Waals surface area contributed by atoms with E-state index in [4.69, 9.17) is 4.52 Å². The molecule has 1 aliphatic heterocycles. The summed E-state index contributed by atoms with van der Waals surface area (Å²) in [5.74, 6) is 1.56. The standard InChI is InChI=1S/C26H32N4O2S/c1-20-24(21(2)32-28-20)19-33-25-11-7-6-10-23(25)26(31)27-12-13-29-14-16-30(17-15-29)18-22-8-4-3-5-9-22/h3-11H,12-19H2,1-2H3,(H,27,31). The van der Waals surface area contributed by atoms with Gasteiger partial charge in [-0.1, -0.05) is 47.6 Å². The molecule has 0 spiro atoms. The third-order valence-electron chi connectivity index (χ3n) is 6.11. The SMILES string of the molecule is Cc1noc(C)c1CSc1ccccc1C(=O)NCCN1CCN(Cc2ccccc2)CC1. The Kier molecular flexibility index (Phi) is 8.20. The van der Waals surface area contributed by atoms with Crippen LogP contribution in [0.25, 0.3) is 0 Å². The van der Waals surface area contributed by atoms with Crippen LogP contribution in [0, 0.1) is 13.8 Å². The molecule has 0 unspecified atom stereocenters. The molecule has 0 saturated carbocycles. The fourth-order valence-electron chi connectivity index (χ4n) is 4.07. The van der Waals surface area contributed by atoms with E-state index in [0.29, 0.717) is 6.54 Å². The van der Waals surface area contributed by atoms with Gasteiger partial charge in [0.1, 0.15) is 5.76 Å². The number of aromatic nitrogens is 1. The molecule has 33 heavy (non-hydrogen) atoms. The molecule has 1 saturated heterocycles. The van der Waals surface area contributed by atoms with Crippen LogP contribution in [-0.4, -0.2) is 60.1 Å². The van der Waals surface area contributed by atoms with Crippen molar-refractivity contribution in [2.24, 2.45) is 0 Å². The number of carbonyl (C=O) groups excluding carboxylic acids is 1. The minimum absolute atomic E-state index is 0.0143. The Morgan fingerprint density at radius 2 is 1.70 bits per heavy atom. The van der Waals surface area contributed by atoms with E-state index in [-0.39, 0.29) is 5.91 Å². The highest BCUT2D eigenvalue weighted by Crippen LogP contribution is 2.28. The van der Waals surface area contributed by atoms with Gasteiger partial charge in [-0.2, -0.15) is 0 Å². The van der Waals surface area contributed by atoms with Crippen LogP contribution in [0.1, 0.15) is 32.9 Å². The highest BCUT2D eigenvalue weighted by Gasteiger charge is 2.18. The van der Waals surface area contributed by atoms with E-state index >= 15 is 0 Å². The van der Waals surface area contributed by atoms with Gasteiger partial charge in [-0.3, -0.25) is 14.6 Å². The Morgan fingerprint density at radius 3 is 2.42 bits per heavy atom. The van der Waals surface area contributed by atoms with Gasteiger partial charge in [0.2, 0.25) is 0 Å². The number of rotatable bonds is 9. The molecule has 2 heterocycles. The normalized spacial score (nSPS) is 15.0. The average molecular weight is 465 g/mol. The van der Waals surface area contributed by atoms with Crippen LogP contribution in [0.5, 0.6) is 0 Å². The quantitative estimate of drug-likeness (QED) is 0.481. The molecule has 174 valence electrons. The molecule has 0 aliphatic carbocycles. The predicted octanol–water partition coefficient (Wildman–Crippen LogP) is 4.13. The molecular weight excluding hydrogens is 432 g/mol. The molecule has 7 heteroatoms. The van der Waals surface area contributed by atoms with Crippen LogP contribution < -0.4 is 5.32 Å². The Labute approximate surface area is 200 Å². The Balaban J connectivity index is 1.22. The Morgan fingerprint density at radius 1 is 1.00 bits per heavy atom. The van der Waals surface area contributed by atoms with Crippen molar-refractivity contribution >= 4 is 17.7 Å². The maximum Gasteiger partial charge on any atom is 0.252 e. The van der Waals surface area contributed by atoms with Gasteiger partial charge in [-0.15, -0.1) is 11.8 Å². The highest BCUT2D eigenvalue weighted by atomic mass is 32.2. The fraction of sp³-hybridized carbons (Fsp3) is 0.385. The maximum absolute atomic E-state index is 12.9. The lowest BCUT2D eigenvalue weighted by Gasteiger charge is -2.34. The second-order valence-corrected chi connectivity index (χ2v) is 9.46. The number of piperazine rings is 1. The first-order chi connectivity index (χ1) is 16.1. The lowest BCUT2D eigenvalue weighted by atomic mass is 10.2. The topological polar surface area (TPSA) is 61.6 Å². The molecule has 0 atom stereocenters. The smallest absolute Gasteiger partial charge is 0.252 e. The van der Waals surface area contributed by atoms with E-state index in [0.717, 1.165) is 72.5 Å². The first-order valence-electron chi connectivity index (χ1n) is 11.5. The lowest BCUT2D eigenvalue weighted by molar-refractivity contribution is 0.0931. The van der Waals surface area contributed by atoms with Crippen molar-refractivity contribution in [2.75, 3.05) is 39.3 Å². The number of thioether (sulfide) groups is 1. The van der Waals surface area contributed by atoms with Crippen LogP contribution in [0.4, 0.5) is 0 Å². The van der Waals surface area contributed by atoms with Crippen LogP contribution in [-0.2, 0) is 12.3 Å². The van der Waals surface area contributed by atoms with Crippen molar-refractivity contribution in [1.82, 2.24) is 20.3 Å². The Bertz CT molecular complexity index is 1030. The molecule has 6 nitrogen and oxygen atoms in total. The van der Waals surface area contributed by atoms with Gasteiger partial charge in [-0.05, 0) is 31.5 Å². The summed E-state index contributed by atoms with van der Waals surface area (Å²) in [4.78, 5) is 18.8. The molecular formula is C26H32N4O2S. The van der Waals surface area contributed by atoms with Crippen molar-refractivity contribution in [3.63, 3.8) is 0 Å². The molecule has 4 rings (SSSR count). The van der Waals surface area contributed by atoms with E-state index in [1.807, 2.05) is 38.1 Å². The van der Waals surface area contributed by atoms with Gasteiger partial charge in [0.05, 0.1) is 11.3 Å². The minimum Gasteiger partial charge on any atom is -0.361 e. The maximum atomic E-state index is 12.9. The first-order valence-corrected chi connectivity index (χ1v) is 12.5. The summed E-state index contributed by atoms with van der Waals surface area (Å²) < 4.78 is 5.26. The minimum atomic E-state index is -0.0143. The summed E-state index contributed by atoms with van der Waals surface area (Å²) >= 11 is 1.65. The van der Waals surface area contributed by atoms with Crippen molar-refractivity contribution in [1.29, 1.82) is 0 Å². The van der Waals surface area contributed by atoms with E-state index in [1.165, 1.54) is 5.56 Å². The molecule has 1 fully saturated rings. The van der Waals surface area contributed by atoms with E-state index in [9.17, 15) is 4.79 Å². The van der Waals surface area contributed by atoms with Crippen LogP contribution in [0.2, 0.25) is 0 Å². The second-order valence-electron chi connectivity index (χ2n) is 8.45. The van der Waals surface area contributed by atoms with E-state index in [1.54, 1.807) is 11.8 Å². The Hall–Kier alpha value is -2.61. The number of nitrogens with zero attached hydrogens (tertiary/aromatic N) is 3.